The van der Waals surface area contributed by atoms with Gasteiger partial charge in [-0.2, -0.15) is 0 Å². The van der Waals surface area contributed by atoms with E-state index >= 15 is 0 Å². The van der Waals surface area contributed by atoms with Crippen LogP contribution >= 0.6 is 0 Å². The zero-order valence-corrected chi connectivity index (χ0v) is 16.8. The van der Waals surface area contributed by atoms with E-state index < -0.39 is 23.3 Å². The topological polar surface area (TPSA) is 59.1 Å². The number of esters is 1. The number of ether oxygens (including phenoxy) is 2. The highest BCUT2D eigenvalue weighted by Gasteiger charge is 2.48. The van der Waals surface area contributed by atoms with E-state index in [4.69, 9.17) is 9.47 Å². The molecule has 0 saturated carbocycles. The maximum Gasteiger partial charge on any atom is 0.331 e. The predicted octanol–water partition coefficient (Wildman–Crippen LogP) is 2.59. The van der Waals surface area contributed by atoms with Gasteiger partial charge in [0.05, 0.1) is 25.8 Å². The zero-order chi connectivity index (χ0) is 19.7. The van der Waals surface area contributed by atoms with E-state index in [1.54, 1.807) is 20.9 Å². The summed E-state index contributed by atoms with van der Waals surface area (Å²) in [5.74, 6) is -0.600. The highest BCUT2D eigenvalue weighted by atomic mass is 16.5. The normalized spacial score (nSPS) is 21.3. The summed E-state index contributed by atoms with van der Waals surface area (Å²) in [6, 6.07) is 9.53. The van der Waals surface area contributed by atoms with Crippen molar-refractivity contribution in [1.29, 1.82) is 0 Å². The first kappa shape index (κ1) is 20.4. The van der Waals surface area contributed by atoms with Crippen molar-refractivity contribution in [2.75, 3.05) is 20.8 Å². The average molecular weight is 362 g/mol. The van der Waals surface area contributed by atoms with Gasteiger partial charge in [-0.1, -0.05) is 30.3 Å². The van der Waals surface area contributed by atoms with Crippen molar-refractivity contribution in [2.24, 2.45) is 0 Å². The quantitative estimate of drug-likeness (QED) is 0.754. The fourth-order valence-electron chi connectivity index (χ4n) is 3.54. The van der Waals surface area contributed by atoms with E-state index in [-0.39, 0.29) is 11.9 Å². The van der Waals surface area contributed by atoms with Crippen molar-refractivity contribution in [1.82, 2.24) is 9.80 Å². The van der Waals surface area contributed by atoms with Gasteiger partial charge in [0.25, 0.3) is 0 Å². The van der Waals surface area contributed by atoms with Crippen molar-refractivity contribution in [3.05, 3.63) is 35.9 Å². The van der Waals surface area contributed by atoms with Gasteiger partial charge < -0.3 is 14.4 Å². The first-order valence-corrected chi connectivity index (χ1v) is 8.87. The summed E-state index contributed by atoms with van der Waals surface area (Å²) in [6.07, 6.45) is 0. The third kappa shape index (κ3) is 3.62. The number of amides is 1. The largest absolute Gasteiger partial charge is 0.467 e. The van der Waals surface area contributed by atoms with E-state index in [1.807, 2.05) is 51.1 Å². The van der Waals surface area contributed by atoms with Gasteiger partial charge >= 0.3 is 5.97 Å². The first-order valence-electron chi connectivity index (χ1n) is 8.87. The molecule has 0 bridgehead atoms. The molecular weight excluding hydrogens is 332 g/mol. The van der Waals surface area contributed by atoms with Gasteiger partial charge in [0.1, 0.15) is 11.3 Å². The van der Waals surface area contributed by atoms with Crippen LogP contribution in [0.3, 0.4) is 0 Å². The SMILES string of the molecule is COC(=O)C(C)(C)N(C)C(=O)[C@H](C)N1[C@H](c2ccccc2)COC1(C)C. The van der Waals surface area contributed by atoms with Gasteiger partial charge in [-0.05, 0) is 40.2 Å². The smallest absolute Gasteiger partial charge is 0.331 e. The van der Waals surface area contributed by atoms with Gasteiger partial charge in [-0.15, -0.1) is 0 Å². The first-order chi connectivity index (χ1) is 12.0. The van der Waals surface area contributed by atoms with Gasteiger partial charge in [0.15, 0.2) is 0 Å². The van der Waals surface area contributed by atoms with Crippen LogP contribution in [-0.2, 0) is 19.1 Å². The minimum atomic E-state index is -1.05. The Morgan fingerprint density at radius 1 is 1.31 bits per heavy atom. The number of rotatable bonds is 5. The standard InChI is InChI=1S/C20H30N2O4/c1-14(17(23)21(6)19(2,3)18(24)25-7)22-16(13-26-20(22,4)5)15-11-9-8-10-12-15/h8-12,14,16H,13H2,1-7H3/t14-,16-/m0/s1. The van der Waals surface area contributed by atoms with Crippen LogP contribution in [0.1, 0.15) is 46.2 Å². The van der Waals surface area contributed by atoms with E-state index in [2.05, 4.69) is 4.90 Å². The summed E-state index contributed by atoms with van der Waals surface area (Å²) in [5, 5.41) is 0. The molecule has 26 heavy (non-hydrogen) atoms. The van der Waals surface area contributed by atoms with Crippen molar-refractivity contribution in [3.63, 3.8) is 0 Å². The van der Waals surface area contributed by atoms with Crippen LogP contribution in [0.2, 0.25) is 0 Å². The average Bonchev–Trinajstić information content (AvgIpc) is 2.94. The number of likely N-dealkylation sites (N-methyl/N-ethyl adjacent to an activating group) is 1. The Morgan fingerprint density at radius 3 is 2.42 bits per heavy atom. The molecule has 0 unspecified atom stereocenters. The molecule has 2 atom stereocenters. The van der Waals surface area contributed by atoms with Crippen LogP contribution in [0.4, 0.5) is 0 Å². The molecule has 144 valence electrons. The number of benzene rings is 1. The van der Waals surface area contributed by atoms with Crippen LogP contribution in [0, 0.1) is 0 Å². The lowest BCUT2D eigenvalue weighted by Gasteiger charge is -2.41. The van der Waals surface area contributed by atoms with Crippen molar-refractivity contribution in [2.45, 2.75) is 58.0 Å². The van der Waals surface area contributed by atoms with E-state index in [1.165, 1.54) is 12.0 Å². The van der Waals surface area contributed by atoms with Crippen LogP contribution in [0.5, 0.6) is 0 Å². The summed E-state index contributed by atoms with van der Waals surface area (Å²) < 4.78 is 10.8. The zero-order valence-electron chi connectivity index (χ0n) is 16.8. The molecule has 6 heteroatoms. The Bertz CT molecular complexity index is 657. The summed E-state index contributed by atoms with van der Waals surface area (Å²) in [4.78, 5) is 28.8. The highest BCUT2D eigenvalue weighted by Crippen LogP contribution is 2.39. The molecule has 1 heterocycles. The summed E-state index contributed by atoms with van der Waals surface area (Å²) >= 11 is 0. The van der Waals surface area contributed by atoms with Gasteiger partial charge in [-0.3, -0.25) is 9.69 Å². The molecule has 2 rings (SSSR count). The fraction of sp³-hybridized carbons (Fsp3) is 0.600. The summed E-state index contributed by atoms with van der Waals surface area (Å²) in [7, 11) is 2.96. The molecular formula is C20H30N2O4. The Morgan fingerprint density at radius 2 is 1.88 bits per heavy atom. The molecule has 1 saturated heterocycles. The molecule has 1 aliphatic heterocycles. The second kappa shape index (κ2) is 7.37. The molecule has 0 aliphatic carbocycles. The highest BCUT2D eigenvalue weighted by molar-refractivity contribution is 5.89. The molecule has 0 spiro atoms. The molecule has 1 aromatic rings. The number of hydrogen-bond acceptors (Lipinski definition) is 5. The molecule has 1 aliphatic rings. The number of methoxy groups -OCH3 is 1. The molecule has 1 amide bonds. The number of nitrogens with zero attached hydrogens (tertiary/aromatic N) is 2. The van der Waals surface area contributed by atoms with E-state index in [0.29, 0.717) is 6.61 Å². The summed E-state index contributed by atoms with van der Waals surface area (Å²) in [5.41, 5.74) is -0.536. The lowest BCUT2D eigenvalue weighted by atomic mass is 9.99. The van der Waals surface area contributed by atoms with Crippen LogP contribution < -0.4 is 0 Å². The van der Waals surface area contributed by atoms with Gasteiger partial charge in [0, 0.05) is 7.05 Å². The van der Waals surface area contributed by atoms with Crippen molar-refractivity contribution in [3.8, 4) is 0 Å². The number of carbonyl (C=O) groups excluding carboxylic acids is 2. The Kier molecular flexibility index (Phi) is 5.78. The molecule has 0 N–H and O–H groups in total. The number of hydrogen-bond donors (Lipinski definition) is 0. The molecule has 1 aromatic carbocycles. The molecule has 0 aromatic heterocycles. The third-order valence-electron chi connectivity index (χ3n) is 5.37. The van der Waals surface area contributed by atoms with Gasteiger partial charge in [0.2, 0.25) is 5.91 Å². The van der Waals surface area contributed by atoms with Crippen molar-refractivity contribution < 1.29 is 19.1 Å². The van der Waals surface area contributed by atoms with Crippen LogP contribution in [0.15, 0.2) is 30.3 Å². The third-order valence-corrected chi connectivity index (χ3v) is 5.37. The molecule has 1 fully saturated rings. The lowest BCUT2D eigenvalue weighted by molar-refractivity contribution is -0.162. The Balaban J connectivity index is 2.31. The summed E-state index contributed by atoms with van der Waals surface area (Å²) in [6.45, 7) is 9.67. The monoisotopic (exact) mass is 362 g/mol. The number of carbonyl (C=O) groups is 2. The van der Waals surface area contributed by atoms with Crippen molar-refractivity contribution >= 4 is 11.9 Å². The van der Waals surface area contributed by atoms with E-state index in [0.717, 1.165) is 5.56 Å². The minimum absolute atomic E-state index is 0.0280. The van der Waals surface area contributed by atoms with Gasteiger partial charge in [-0.25, -0.2) is 4.79 Å². The fourth-order valence-corrected chi connectivity index (χ4v) is 3.54. The van der Waals surface area contributed by atoms with Crippen LogP contribution in [0.25, 0.3) is 0 Å². The molecule has 6 nitrogen and oxygen atoms in total. The second-order valence-corrected chi connectivity index (χ2v) is 7.72. The predicted molar refractivity (Wildman–Crippen MR) is 99.4 cm³/mol. The lowest BCUT2D eigenvalue weighted by Crippen LogP contribution is -2.59. The molecule has 0 radical (unpaired) electrons. The van der Waals surface area contributed by atoms with Crippen LogP contribution in [-0.4, -0.2) is 59.7 Å². The minimum Gasteiger partial charge on any atom is -0.467 e. The maximum absolute atomic E-state index is 13.2. The maximum atomic E-state index is 13.2. The Labute approximate surface area is 156 Å². The second-order valence-electron chi connectivity index (χ2n) is 7.72. The van der Waals surface area contributed by atoms with E-state index in [9.17, 15) is 9.59 Å². The Hall–Kier alpha value is -1.92.